The van der Waals surface area contributed by atoms with E-state index in [2.05, 4.69) is 11.7 Å². The van der Waals surface area contributed by atoms with Crippen LogP contribution < -0.4 is 14.2 Å². The number of hydrogen-bond acceptors (Lipinski definition) is 5. The number of benzene rings is 2. The third kappa shape index (κ3) is 6.18. The molecular formula is C24H22F2O5. The lowest BCUT2D eigenvalue weighted by atomic mass is 10.1. The number of ketones is 1. The molecule has 31 heavy (non-hydrogen) atoms. The molecule has 1 aromatic heterocycles. The third-order valence-electron chi connectivity index (χ3n) is 4.46. The van der Waals surface area contributed by atoms with Gasteiger partial charge in [0.25, 0.3) is 0 Å². The van der Waals surface area contributed by atoms with Crippen molar-refractivity contribution in [2.75, 3.05) is 7.11 Å². The van der Waals surface area contributed by atoms with Crippen LogP contribution in [0.15, 0.2) is 65.1 Å². The van der Waals surface area contributed by atoms with E-state index in [9.17, 15) is 13.6 Å². The molecule has 5 nitrogen and oxygen atoms in total. The van der Waals surface area contributed by atoms with Crippen LogP contribution in [0.5, 0.6) is 17.2 Å². The number of alkyl halides is 2. The van der Waals surface area contributed by atoms with Gasteiger partial charge < -0.3 is 18.6 Å². The first-order chi connectivity index (χ1) is 15.0. The first kappa shape index (κ1) is 22.1. The maximum absolute atomic E-state index is 12.4. The SMILES string of the molecule is CCc1ccc(OCc2ccc(/C=C/C(=O)c3ccc(OC(F)F)c(OC)c3)o2)cc1. The number of methoxy groups -OCH3 is 1. The quantitative estimate of drug-likeness (QED) is 0.296. The zero-order valence-corrected chi connectivity index (χ0v) is 17.1. The average molecular weight is 428 g/mol. The smallest absolute Gasteiger partial charge is 0.387 e. The van der Waals surface area contributed by atoms with Crippen molar-refractivity contribution < 1.29 is 32.2 Å². The van der Waals surface area contributed by atoms with E-state index < -0.39 is 6.61 Å². The summed E-state index contributed by atoms with van der Waals surface area (Å²) in [4.78, 5) is 12.4. The molecule has 0 aliphatic heterocycles. The second-order valence-electron chi connectivity index (χ2n) is 6.53. The Morgan fingerprint density at radius 2 is 1.84 bits per heavy atom. The van der Waals surface area contributed by atoms with Gasteiger partial charge in [0.2, 0.25) is 0 Å². The van der Waals surface area contributed by atoms with Crippen LogP contribution in [-0.2, 0) is 13.0 Å². The second kappa shape index (κ2) is 10.4. The first-order valence-corrected chi connectivity index (χ1v) is 9.64. The Kier molecular flexibility index (Phi) is 7.43. The Morgan fingerprint density at radius 3 is 2.52 bits per heavy atom. The average Bonchev–Trinajstić information content (AvgIpc) is 3.24. The number of hydrogen-bond donors (Lipinski definition) is 0. The van der Waals surface area contributed by atoms with Crippen LogP contribution in [0.4, 0.5) is 8.78 Å². The fraction of sp³-hybridized carbons (Fsp3) is 0.208. The molecule has 162 valence electrons. The summed E-state index contributed by atoms with van der Waals surface area (Å²) >= 11 is 0. The van der Waals surface area contributed by atoms with Crippen LogP contribution in [0.3, 0.4) is 0 Å². The van der Waals surface area contributed by atoms with Crippen LogP contribution in [0, 0.1) is 0 Å². The Labute approximate surface area is 178 Å². The predicted octanol–water partition coefficient (Wildman–Crippen LogP) is 5.93. The molecule has 3 rings (SSSR count). The van der Waals surface area contributed by atoms with Crippen LogP contribution >= 0.6 is 0 Å². The van der Waals surface area contributed by atoms with Crippen LogP contribution in [0.1, 0.15) is 34.4 Å². The van der Waals surface area contributed by atoms with E-state index in [4.69, 9.17) is 13.9 Å². The minimum Gasteiger partial charge on any atom is -0.493 e. The minimum atomic E-state index is -2.98. The molecule has 0 aliphatic carbocycles. The Hall–Kier alpha value is -3.61. The van der Waals surface area contributed by atoms with Crippen molar-refractivity contribution in [3.8, 4) is 17.2 Å². The first-order valence-electron chi connectivity index (χ1n) is 9.64. The summed E-state index contributed by atoms with van der Waals surface area (Å²) in [7, 11) is 1.31. The van der Waals surface area contributed by atoms with Gasteiger partial charge in [-0.25, -0.2) is 0 Å². The highest BCUT2D eigenvalue weighted by Gasteiger charge is 2.13. The number of ether oxygens (including phenoxy) is 3. The Balaban J connectivity index is 1.60. The zero-order chi connectivity index (χ0) is 22.2. The van der Waals surface area contributed by atoms with E-state index in [-0.39, 0.29) is 29.5 Å². The van der Waals surface area contributed by atoms with Gasteiger partial charge in [0, 0.05) is 5.56 Å². The molecule has 0 saturated heterocycles. The highest BCUT2D eigenvalue weighted by molar-refractivity contribution is 6.07. The molecule has 1 heterocycles. The fourth-order valence-electron chi connectivity index (χ4n) is 2.81. The van der Waals surface area contributed by atoms with Crippen molar-refractivity contribution >= 4 is 11.9 Å². The van der Waals surface area contributed by atoms with Gasteiger partial charge in [-0.15, -0.1) is 0 Å². The van der Waals surface area contributed by atoms with Gasteiger partial charge in [-0.2, -0.15) is 8.78 Å². The molecular weight excluding hydrogens is 406 g/mol. The normalized spacial score (nSPS) is 11.1. The van der Waals surface area contributed by atoms with Crippen molar-refractivity contribution in [2.45, 2.75) is 26.6 Å². The van der Waals surface area contributed by atoms with Gasteiger partial charge in [-0.05, 0) is 66.6 Å². The van der Waals surface area contributed by atoms with Gasteiger partial charge in [-0.1, -0.05) is 19.1 Å². The maximum atomic E-state index is 12.4. The second-order valence-corrected chi connectivity index (χ2v) is 6.53. The van der Waals surface area contributed by atoms with E-state index in [1.54, 1.807) is 12.1 Å². The van der Waals surface area contributed by atoms with Gasteiger partial charge >= 0.3 is 6.61 Å². The standard InChI is InChI=1S/C24H22F2O5/c1-3-16-4-7-18(8-5-16)29-15-20-10-9-19(30-20)11-12-21(27)17-6-13-22(31-24(25)26)23(14-17)28-2/h4-14,24H,3,15H2,1-2H3/b12-11+. The monoisotopic (exact) mass is 428 g/mol. The van der Waals surface area contributed by atoms with E-state index >= 15 is 0 Å². The summed E-state index contributed by atoms with van der Waals surface area (Å²) in [5.74, 6) is 1.41. The molecule has 0 unspecified atom stereocenters. The number of furan rings is 1. The van der Waals surface area contributed by atoms with Crippen molar-refractivity contribution in [3.63, 3.8) is 0 Å². The Morgan fingerprint density at radius 1 is 1.06 bits per heavy atom. The highest BCUT2D eigenvalue weighted by Crippen LogP contribution is 2.29. The molecule has 0 radical (unpaired) electrons. The van der Waals surface area contributed by atoms with E-state index in [0.29, 0.717) is 11.5 Å². The number of halogens is 2. The van der Waals surface area contributed by atoms with Crippen molar-refractivity contribution in [2.24, 2.45) is 0 Å². The zero-order valence-electron chi connectivity index (χ0n) is 17.1. The third-order valence-corrected chi connectivity index (χ3v) is 4.46. The number of carbonyl (C=O) groups excluding carboxylic acids is 1. The summed E-state index contributed by atoms with van der Waals surface area (Å²) in [6.07, 6.45) is 3.82. The molecule has 0 aliphatic rings. The van der Waals surface area contributed by atoms with Gasteiger partial charge in [-0.3, -0.25) is 4.79 Å². The summed E-state index contributed by atoms with van der Waals surface area (Å²) in [6, 6.07) is 15.3. The van der Waals surface area contributed by atoms with Crippen molar-refractivity contribution in [1.29, 1.82) is 0 Å². The summed E-state index contributed by atoms with van der Waals surface area (Å²) in [6.45, 7) is -0.634. The molecule has 0 amide bonds. The molecule has 0 spiro atoms. The fourth-order valence-corrected chi connectivity index (χ4v) is 2.81. The van der Waals surface area contributed by atoms with Crippen molar-refractivity contribution in [1.82, 2.24) is 0 Å². The number of rotatable bonds is 10. The van der Waals surface area contributed by atoms with E-state index in [1.165, 1.54) is 43.0 Å². The van der Waals surface area contributed by atoms with Crippen molar-refractivity contribution in [3.05, 3.63) is 83.3 Å². The molecule has 0 saturated carbocycles. The van der Waals surface area contributed by atoms with Crippen LogP contribution in [-0.4, -0.2) is 19.5 Å². The minimum absolute atomic E-state index is 0.0453. The molecule has 0 fully saturated rings. The summed E-state index contributed by atoms with van der Waals surface area (Å²) in [5.41, 5.74) is 1.50. The predicted molar refractivity (Wildman–Crippen MR) is 112 cm³/mol. The molecule has 0 N–H and O–H groups in total. The summed E-state index contributed by atoms with van der Waals surface area (Å²) < 4.78 is 45.5. The Bertz CT molecular complexity index is 1040. The molecule has 0 atom stereocenters. The molecule has 7 heteroatoms. The van der Waals surface area contributed by atoms with E-state index in [1.807, 2.05) is 24.3 Å². The van der Waals surface area contributed by atoms with Crippen LogP contribution in [0.25, 0.3) is 6.08 Å². The maximum Gasteiger partial charge on any atom is 0.387 e. The largest absolute Gasteiger partial charge is 0.493 e. The lowest BCUT2D eigenvalue weighted by molar-refractivity contribution is -0.0512. The molecule has 3 aromatic rings. The summed E-state index contributed by atoms with van der Waals surface area (Å²) in [5, 5.41) is 0. The van der Waals surface area contributed by atoms with Crippen LogP contribution in [0.2, 0.25) is 0 Å². The number of allylic oxidation sites excluding steroid dienone is 1. The number of aryl methyl sites for hydroxylation is 1. The van der Waals surface area contributed by atoms with Gasteiger partial charge in [0.1, 0.15) is 23.9 Å². The molecule has 0 bridgehead atoms. The number of carbonyl (C=O) groups is 1. The lowest BCUT2D eigenvalue weighted by Crippen LogP contribution is -2.04. The highest BCUT2D eigenvalue weighted by atomic mass is 19.3. The van der Waals surface area contributed by atoms with Gasteiger partial charge in [0.05, 0.1) is 7.11 Å². The molecule has 2 aromatic carbocycles. The lowest BCUT2D eigenvalue weighted by Gasteiger charge is -2.10. The van der Waals surface area contributed by atoms with E-state index in [0.717, 1.165) is 12.2 Å². The van der Waals surface area contributed by atoms with Gasteiger partial charge in [0.15, 0.2) is 17.3 Å². The topological polar surface area (TPSA) is 57.9 Å².